The van der Waals surface area contributed by atoms with E-state index in [1.807, 2.05) is 0 Å². The Morgan fingerprint density at radius 2 is 2.00 bits per heavy atom. The number of halogens is 1. The first-order valence-corrected chi connectivity index (χ1v) is 3.44. The highest BCUT2D eigenvalue weighted by Crippen LogP contribution is 2.34. The average Bonchev–Trinajstić information content (AvgIpc) is 2.01. The van der Waals surface area contributed by atoms with Crippen molar-refractivity contribution < 1.29 is 10.2 Å². The number of hydrogen-bond donors (Lipinski definition) is 3. The fourth-order valence-corrected chi connectivity index (χ4v) is 0.991. The molecule has 0 atom stereocenters. The summed E-state index contributed by atoms with van der Waals surface area (Å²) in [6.45, 7) is 0.243. The molecule has 1 rings (SSSR count). The summed E-state index contributed by atoms with van der Waals surface area (Å²) < 4.78 is 0. The summed E-state index contributed by atoms with van der Waals surface area (Å²) in [7, 11) is 0. The largest absolute Gasteiger partial charge is 0.504 e. The third-order valence-corrected chi connectivity index (χ3v) is 1.82. The lowest BCUT2D eigenvalue weighted by Crippen LogP contribution is -1.96. The Morgan fingerprint density at radius 1 is 1.36 bits per heavy atom. The van der Waals surface area contributed by atoms with Crippen LogP contribution in [0.4, 0.5) is 0 Å². The SMILES string of the molecule is NCc1ccc(O)c(O)c1Cl. The van der Waals surface area contributed by atoms with Gasteiger partial charge in [-0.05, 0) is 11.6 Å². The first kappa shape index (κ1) is 8.17. The van der Waals surface area contributed by atoms with E-state index < -0.39 is 0 Å². The maximum absolute atomic E-state index is 9.08. The van der Waals surface area contributed by atoms with Crippen LogP contribution in [0.3, 0.4) is 0 Å². The Balaban J connectivity index is 3.25. The third-order valence-electron chi connectivity index (χ3n) is 1.39. The second-order valence-corrected chi connectivity index (χ2v) is 2.49. The summed E-state index contributed by atoms with van der Waals surface area (Å²) >= 11 is 5.61. The van der Waals surface area contributed by atoms with E-state index in [9.17, 15) is 0 Å². The predicted molar refractivity (Wildman–Crippen MR) is 42.7 cm³/mol. The van der Waals surface area contributed by atoms with E-state index in [4.69, 9.17) is 27.5 Å². The molecule has 0 aromatic heterocycles. The Morgan fingerprint density at radius 3 is 2.55 bits per heavy atom. The summed E-state index contributed by atoms with van der Waals surface area (Å²) in [5.41, 5.74) is 5.91. The Labute approximate surface area is 69.0 Å². The van der Waals surface area contributed by atoms with Crippen LogP contribution in [0.5, 0.6) is 11.5 Å². The lowest BCUT2D eigenvalue weighted by atomic mass is 10.2. The number of phenols is 2. The first-order chi connectivity index (χ1) is 5.16. The molecule has 0 aliphatic heterocycles. The summed E-state index contributed by atoms with van der Waals surface area (Å²) in [5, 5.41) is 18.1. The van der Waals surface area contributed by atoms with Crippen molar-refractivity contribution in [2.45, 2.75) is 6.54 Å². The fraction of sp³-hybridized carbons (Fsp3) is 0.143. The Kier molecular flexibility index (Phi) is 2.22. The van der Waals surface area contributed by atoms with Crippen molar-refractivity contribution in [3.8, 4) is 11.5 Å². The average molecular weight is 174 g/mol. The van der Waals surface area contributed by atoms with Crippen LogP contribution in [-0.4, -0.2) is 10.2 Å². The van der Waals surface area contributed by atoms with E-state index in [1.54, 1.807) is 6.07 Å². The van der Waals surface area contributed by atoms with Gasteiger partial charge in [0.15, 0.2) is 11.5 Å². The molecule has 3 nitrogen and oxygen atoms in total. The smallest absolute Gasteiger partial charge is 0.176 e. The molecule has 4 heteroatoms. The topological polar surface area (TPSA) is 66.5 Å². The minimum atomic E-state index is -0.311. The van der Waals surface area contributed by atoms with Crippen LogP contribution < -0.4 is 5.73 Å². The zero-order chi connectivity index (χ0) is 8.43. The van der Waals surface area contributed by atoms with Gasteiger partial charge in [-0.25, -0.2) is 0 Å². The first-order valence-electron chi connectivity index (χ1n) is 3.06. The van der Waals surface area contributed by atoms with Gasteiger partial charge in [0, 0.05) is 6.54 Å². The Hall–Kier alpha value is -0.930. The molecular formula is C7H8ClNO2. The highest BCUT2D eigenvalue weighted by molar-refractivity contribution is 6.33. The molecule has 11 heavy (non-hydrogen) atoms. The predicted octanol–water partition coefficient (Wildman–Crippen LogP) is 1.21. The molecule has 0 heterocycles. The summed E-state index contributed by atoms with van der Waals surface area (Å²) in [5.74, 6) is -0.540. The van der Waals surface area contributed by atoms with Crippen molar-refractivity contribution in [3.05, 3.63) is 22.7 Å². The molecule has 0 saturated heterocycles. The maximum Gasteiger partial charge on any atom is 0.176 e. The highest BCUT2D eigenvalue weighted by Gasteiger charge is 2.07. The molecule has 0 spiro atoms. The third kappa shape index (κ3) is 1.39. The van der Waals surface area contributed by atoms with Gasteiger partial charge in [0.2, 0.25) is 0 Å². The van der Waals surface area contributed by atoms with E-state index in [0.29, 0.717) is 5.56 Å². The molecule has 1 aromatic rings. The second kappa shape index (κ2) is 2.98. The van der Waals surface area contributed by atoms with Gasteiger partial charge in [0.25, 0.3) is 0 Å². The molecule has 0 saturated carbocycles. The molecule has 0 aliphatic carbocycles. The number of benzene rings is 1. The van der Waals surface area contributed by atoms with E-state index in [2.05, 4.69) is 0 Å². The van der Waals surface area contributed by atoms with Gasteiger partial charge in [0.05, 0.1) is 5.02 Å². The molecule has 1 aromatic carbocycles. The number of nitrogens with two attached hydrogens (primary N) is 1. The minimum absolute atomic E-state index is 0.118. The van der Waals surface area contributed by atoms with Crippen LogP contribution in [0.15, 0.2) is 12.1 Å². The van der Waals surface area contributed by atoms with Crippen molar-refractivity contribution in [2.24, 2.45) is 5.73 Å². The van der Waals surface area contributed by atoms with Gasteiger partial charge in [-0.15, -0.1) is 0 Å². The van der Waals surface area contributed by atoms with Crippen molar-refractivity contribution >= 4 is 11.6 Å². The van der Waals surface area contributed by atoms with Crippen LogP contribution in [0.1, 0.15) is 5.56 Å². The number of hydrogen-bond acceptors (Lipinski definition) is 3. The van der Waals surface area contributed by atoms with Gasteiger partial charge in [-0.1, -0.05) is 17.7 Å². The van der Waals surface area contributed by atoms with Gasteiger partial charge in [-0.2, -0.15) is 0 Å². The molecule has 0 fully saturated rings. The summed E-state index contributed by atoms with van der Waals surface area (Å²) in [6, 6.07) is 2.92. The lowest BCUT2D eigenvalue weighted by Gasteiger charge is -2.03. The molecular weight excluding hydrogens is 166 g/mol. The van der Waals surface area contributed by atoms with Crippen LogP contribution in [0.25, 0.3) is 0 Å². The van der Waals surface area contributed by atoms with Gasteiger partial charge in [-0.3, -0.25) is 0 Å². The fourth-order valence-electron chi connectivity index (χ4n) is 0.754. The monoisotopic (exact) mass is 173 g/mol. The van der Waals surface area contributed by atoms with Crippen molar-refractivity contribution in [3.63, 3.8) is 0 Å². The van der Waals surface area contributed by atoms with Crippen molar-refractivity contribution in [1.29, 1.82) is 0 Å². The van der Waals surface area contributed by atoms with E-state index >= 15 is 0 Å². The van der Waals surface area contributed by atoms with Crippen LogP contribution in [0.2, 0.25) is 5.02 Å². The molecule has 0 amide bonds. The van der Waals surface area contributed by atoms with Crippen molar-refractivity contribution in [1.82, 2.24) is 0 Å². The number of aromatic hydroxyl groups is 2. The van der Waals surface area contributed by atoms with Crippen molar-refractivity contribution in [2.75, 3.05) is 0 Å². The molecule has 0 aliphatic rings. The number of rotatable bonds is 1. The zero-order valence-electron chi connectivity index (χ0n) is 5.71. The zero-order valence-corrected chi connectivity index (χ0v) is 6.47. The molecule has 4 N–H and O–H groups in total. The van der Waals surface area contributed by atoms with E-state index in [0.717, 1.165) is 0 Å². The quantitative estimate of drug-likeness (QED) is 0.560. The van der Waals surface area contributed by atoms with Crippen LogP contribution >= 0.6 is 11.6 Å². The van der Waals surface area contributed by atoms with Gasteiger partial charge >= 0.3 is 0 Å². The normalized spacial score (nSPS) is 10.0. The van der Waals surface area contributed by atoms with E-state index in [-0.39, 0.29) is 23.1 Å². The van der Waals surface area contributed by atoms with Gasteiger partial charge in [0.1, 0.15) is 0 Å². The standard InChI is InChI=1S/C7H8ClNO2/c8-6-4(3-9)1-2-5(10)7(6)11/h1-2,10-11H,3,9H2. The molecule has 0 radical (unpaired) electrons. The van der Waals surface area contributed by atoms with Crippen LogP contribution in [0, 0.1) is 0 Å². The lowest BCUT2D eigenvalue weighted by molar-refractivity contribution is 0.403. The molecule has 0 bridgehead atoms. The molecule has 0 unspecified atom stereocenters. The van der Waals surface area contributed by atoms with Gasteiger partial charge < -0.3 is 15.9 Å². The Bertz CT molecular complexity index is 275. The second-order valence-electron chi connectivity index (χ2n) is 2.11. The summed E-state index contributed by atoms with van der Waals surface area (Å²) in [4.78, 5) is 0. The highest BCUT2D eigenvalue weighted by atomic mass is 35.5. The maximum atomic E-state index is 9.08. The van der Waals surface area contributed by atoms with E-state index in [1.165, 1.54) is 6.07 Å². The van der Waals surface area contributed by atoms with Crippen LogP contribution in [-0.2, 0) is 6.54 Å². The number of phenolic OH excluding ortho intramolecular Hbond substituents is 2. The molecule has 60 valence electrons. The minimum Gasteiger partial charge on any atom is -0.504 e. The summed E-state index contributed by atoms with van der Waals surface area (Å²) in [6.07, 6.45) is 0.